The van der Waals surface area contributed by atoms with Gasteiger partial charge in [0, 0.05) is 25.9 Å². The molecule has 1 heterocycles. The van der Waals surface area contributed by atoms with Crippen molar-refractivity contribution in [3.63, 3.8) is 0 Å². The van der Waals surface area contributed by atoms with Crippen molar-refractivity contribution in [1.29, 1.82) is 0 Å². The molecule has 0 fully saturated rings. The SMILES string of the molecule is CCCCCCCCCCCn1c(CCCNC(=O)CC)nc2ccccc21. The molecule has 1 aromatic carbocycles. The predicted molar refractivity (Wildman–Crippen MR) is 119 cm³/mol. The van der Waals surface area contributed by atoms with Crippen molar-refractivity contribution in [1.82, 2.24) is 14.9 Å². The summed E-state index contributed by atoms with van der Waals surface area (Å²) in [6.45, 7) is 5.94. The first-order chi connectivity index (χ1) is 13.8. The summed E-state index contributed by atoms with van der Waals surface area (Å²) >= 11 is 0. The zero-order valence-corrected chi connectivity index (χ0v) is 18.0. The number of aryl methyl sites for hydroxylation is 2. The minimum Gasteiger partial charge on any atom is -0.356 e. The van der Waals surface area contributed by atoms with Crippen LogP contribution in [0.1, 0.15) is 90.3 Å². The molecule has 4 heteroatoms. The number of amides is 1. The maximum atomic E-state index is 11.4. The minimum absolute atomic E-state index is 0.128. The van der Waals surface area contributed by atoms with E-state index in [1.165, 1.54) is 63.3 Å². The third-order valence-corrected chi connectivity index (χ3v) is 5.44. The topological polar surface area (TPSA) is 46.9 Å². The lowest BCUT2D eigenvalue weighted by Crippen LogP contribution is -2.23. The Balaban J connectivity index is 1.78. The Labute approximate surface area is 171 Å². The van der Waals surface area contributed by atoms with Gasteiger partial charge < -0.3 is 9.88 Å². The highest BCUT2D eigenvalue weighted by Crippen LogP contribution is 2.19. The van der Waals surface area contributed by atoms with Crippen LogP contribution in [0.4, 0.5) is 0 Å². The molecule has 0 saturated carbocycles. The first-order valence-corrected chi connectivity index (χ1v) is 11.5. The summed E-state index contributed by atoms with van der Waals surface area (Å²) in [4.78, 5) is 16.3. The van der Waals surface area contributed by atoms with E-state index < -0.39 is 0 Å². The van der Waals surface area contributed by atoms with E-state index in [1.807, 2.05) is 6.92 Å². The highest BCUT2D eigenvalue weighted by atomic mass is 16.1. The van der Waals surface area contributed by atoms with Crippen molar-refractivity contribution >= 4 is 16.9 Å². The number of carbonyl (C=O) groups is 1. The molecule has 4 nitrogen and oxygen atoms in total. The lowest BCUT2D eigenvalue weighted by Gasteiger charge is -2.10. The van der Waals surface area contributed by atoms with E-state index in [0.29, 0.717) is 6.42 Å². The summed E-state index contributed by atoms with van der Waals surface area (Å²) in [5.41, 5.74) is 2.33. The molecule has 0 saturated heterocycles. The molecule has 156 valence electrons. The molecule has 1 amide bonds. The number of rotatable bonds is 15. The number of para-hydroxylation sites is 2. The van der Waals surface area contributed by atoms with Crippen LogP contribution in [-0.2, 0) is 17.8 Å². The molecular formula is C24H39N3O. The Bertz CT molecular complexity index is 692. The Hall–Kier alpha value is -1.84. The Morgan fingerprint density at radius 3 is 2.32 bits per heavy atom. The minimum atomic E-state index is 0.128. The van der Waals surface area contributed by atoms with Gasteiger partial charge in [0.05, 0.1) is 11.0 Å². The van der Waals surface area contributed by atoms with Crippen LogP contribution in [0.2, 0.25) is 0 Å². The number of benzene rings is 1. The van der Waals surface area contributed by atoms with Gasteiger partial charge in [-0.05, 0) is 25.0 Å². The quantitative estimate of drug-likeness (QED) is 0.381. The van der Waals surface area contributed by atoms with Crippen LogP contribution >= 0.6 is 0 Å². The second-order valence-electron chi connectivity index (χ2n) is 7.80. The maximum Gasteiger partial charge on any atom is 0.219 e. The van der Waals surface area contributed by atoms with Crippen LogP contribution < -0.4 is 5.32 Å². The average molecular weight is 386 g/mol. The van der Waals surface area contributed by atoms with Gasteiger partial charge in [-0.1, -0.05) is 77.3 Å². The van der Waals surface area contributed by atoms with Gasteiger partial charge in [0.2, 0.25) is 5.91 Å². The third-order valence-electron chi connectivity index (χ3n) is 5.44. The van der Waals surface area contributed by atoms with Crippen LogP contribution in [0.15, 0.2) is 24.3 Å². The van der Waals surface area contributed by atoms with E-state index in [1.54, 1.807) is 0 Å². The summed E-state index contributed by atoms with van der Waals surface area (Å²) in [5, 5.41) is 2.96. The van der Waals surface area contributed by atoms with Crippen LogP contribution in [0.25, 0.3) is 11.0 Å². The van der Waals surface area contributed by atoms with Gasteiger partial charge in [0.15, 0.2) is 0 Å². The van der Waals surface area contributed by atoms with Gasteiger partial charge in [0.1, 0.15) is 5.82 Å². The lowest BCUT2D eigenvalue weighted by molar-refractivity contribution is -0.120. The molecule has 0 bridgehead atoms. The zero-order valence-electron chi connectivity index (χ0n) is 18.0. The van der Waals surface area contributed by atoms with E-state index in [4.69, 9.17) is 4.98 Å². The van der Waals surface area contributed by atoms with Crippen molar-refractivity contribution in [3.8, 4) is 0 Å². The number of carbonyl (C=O) groups excluding carboxylic acids is 1. The molecule has 2 aromatic rings. The summed E-state index contributed by atoms with van der Waals surface area (Å²) in [5.74, 6) is 1.29. The van der Waals surface area contributed by atoms with Crippen LogP contribution in [0, 0.1) is 0 Å². The van der Waals surface area contributed by atoms with Crippen molar-refractivity contribution in [3.05, 3.63) is 30.1 Å². The molecule has 0 atom stereocenters. The number of hydrogen-bond acceptors (Lipinski definition) is 2. The summed E-state index contributed by atoms with van der Waals surface area (Å²) in [6, 6.07) is 8.44. The Morgan fingerprint density at radius 2 is 1.61 bits per heavy atom. The fraction of sp³-hybridized carbons (Fsp3) is 0.667. The number of nitrogens with zero attached hydrogens (tertiary/aromatic N) is 2. The summed E-state index contributed by atoms with van der Waals surface area (Å²) in [6.07, 6.45) is 14.5. The largest absolute Gasteiger partial charge is 0.356 e. The molecule has 0 unspecified atom stereocenters. The molecule has 0 radical (unpaired) electrons. The Morgan fingerprint density at radius 1 is 0.929 bits per heavy atom. The molecule has 0 spiro atoms. The van der Waals surface area contributed by atoms with E-state index in [2.05, 4.69) is 41.1 Å². The van der Waals surface area contributed by atoms with E-state index >= 15 is 0 Å². The van der Waals surface area contributed by atoms with Gasteiger partial charge in [0.25, 0.3) is 0 Å². The second-order valence-corrected chi connectivity index (χ2v) is 7.80. The van der Waals surface area contributed by atoms with Gasteiger partial charge in [-0.3, -0.25) is 4.79 Å². The monoisotopic (exact) mass is 385 g/mol. The fourth-order valence-corrected chi connectivity index (χ4v) is 3.75. The predicted octanol–water partition coefficient (Wildman–Crippen LogP) is 6.03. The van der Waals surface area contributed by atoms with Crippen LogP contribution in [0.3, 0.4) is 0 Å². The first-order valence-electron chi connectivity index (χ1n) is 11.5. The van der Waals surface area contributed by atoms with Gasteiger partial charge in [-0.25, -0.2) is 4.98 Å². The highest BCUT2D eigenvalue weighted by Gasteiger charge is 2.10. The number of aromatic nitrogens is 2. The fourth-order valence-electron chi connectivity index (χ4n) is 3.75. The molecule has 28 heavy (non-hydrogen) atoms. The number of fused-ring (bicyclic) bond motifs is 1. The van der Waals surface area contributed by atoms with Crippen LogP contribution in [-0.4, -0.2) is 22.0 Å². The molecular weight excluding hydrogens is 346 g/mol. The van der Waals surface area contributed by atoms with Crippen molar-refractivity contribution in [2.75, 3.05) is 6.54 Å². The van der Waals surface area contributed by atoms with Crippen molar-refractivity contribution in [2.24, 2.45) is 0 Å². The lowest BCUT2D eigenvalue weighted by atomic mass is 10.1. The van der Waals surface area contributed by atoms with Crippen molar-refractivity contribution in [2.45, 2.75) is 97.4 Å². The zero-order chi connectivity index (χ0) is 20.0. The standard InChI is InChI=1S/C24H39N3O/c1-3-5-6-7-8-9-10-11-14-20-27-22-17-13-12-16-21(22)26-23(27)18-15-19-25-24(28)4-2/h12-13,16-17H,3-11,14-15,18-20H2,1-2H3,(H,25,28). The molecule has 0 aliphatic heterocycles. The highest BCUT2D eigenvalue weighted by molar-refractivity contribution is 5.76. The third kappa shape index (κ3) is 7.65. The number of unbranched alkanes of at least 4 members (excludes halogenated alkanes) is 8. The molecule has 1 aromatic heterocycles. The first kappa shape index (κ1) is 22.4. The van der Waals surface area contributed by atoms with Gasteiger partial charge in [-0.15, -0.1) is 0 Å². The average Bonchev–Trinajstić information content (AvgIpc) is 3.07. The van der Waals surface area contributed by atoms with Gasteiger partial charge >= 0.3 is 0 Å². The van der Waals surface area contributed by atoms with E-state index in [9.17, 15) is 4.79 Å². The van der Waals surface area contributed by atoms with E-state index in [0.717, 1.165) is 37.3 Å². The number of nitrogens with one attached hydrogen (secondary N) is 1. The Kier molecular flexibility index (Phi) is 10.7. The maximum absolute atomic E-state index is 11.4. The number of imidazole rings is 1. The van der Waals surface area contributed by atoms with Crippen molar-refractivity contribution < 1.29 is 4.79 Å². The normalized spacial score (nSPS) is 11.2. The molecule has 1 N–H and O–H groups in total. The van der Waals surface area contributed by atoms with Gasteiger partial charge in [-0.2, -0.15) is 0 Å². The number of hydrogen-bond donors (Lipinski definition) is 1. The van der Waals surface area contributed by atoms with Crippen LogP contribution in [0.5, 0.6) is 0 Å². The molecule has 0 aliphatic carbocycles. The molecule has 0 aliphatic rings. The summed E-state index contributed by atoms with van der Waals surface area (Å²) in [7, 11) is 0. The molecule has 2 rings (SSSR count). The van der Waals surface area contributed by atoms with E-state index in [-0.39, 0.29) is 5.91 Å². The smallest absolute Gasteiger partial charge is 0.219 e. The summed E-state index contributed by atoms with van der Waals surface area (Å²) < 4.78 is 2.40. The second kappa shape index (κ2) is 13.4.